The van der Waals surface area contributed by atoms with Gasteiger partial charge in [-0.05, 0) is 12.3 Å². The number of nitrogens with zero attached hydrogens (tertiary/aromatic N) is 1. The number of aromatic nitrogens is 2. The fourth-order valence-electron chi connectivity index (χ4n) is 3.01. The van der Waals surface area contributed by atoms with Crippen molar-refractivity contribution in [1.29, 1.82) is 0 Å². The second-order valence-electron chi connectivity index (χ2n) is 8.23. The minimum Gasteiger partial charge on any atom is -0.481 e. The molecular formula is C20H30N6O9. The molecule has 0 aliphatic heterocycles. The lowest BCUT2D eigenvalue weighted by atomic mass is 10.0. The van der Waals surface area contributed by atoms with E-state index in [4.69, 9.17) is 15.9 Å². The molecule has 0 spiro atoms. The number of carbonyl (C=O) groups is 6. The predicted molar refractivity (Wildman–Crippen MR) is 118 cm³/mol. The van der Waals surface area contributed by atoms with Gasteiger partial charge in [-0.15, -0.1) is 0 Å². The number of nitrogens with one attached hydrogen (secondary N) is 4. The third-order valence-corrected chi connectivity index (χ3v) is 4.68. The van der Waals surface area contributed by atoms with Crippen molar-refractivity contribution in [1.82, 2.24) is 25.9 Å². The molecule has 0 aliphatic rings. The topological polar surface area (TPSA) is 254 Å². The third-order valence-electron chi connectivity index (χ3n) is 4.68. The van der Waals surface area contributed by atoms with E-state index >= 15 is 0 Å². The van der Waals surface area contributed by atoms with Gasteiger partial charge in [0.15, 0.2) is 0 Å². The molecule has 4 unspecified atom stereocenters. The zero-order valence-corrected chi connectivity index (χ0v) is 19.2. The van der Waals surface area contributed by atoms with Crippen LogP contribution in [0.15, 0.2) is 12.5 Å². The lowest BCUT2D eigenvalue weighted by Gasteiger charge is -2.25. The molecule has 0 aromatic carbocycles. The number of amides is 3. The number of imidazole rings is 1. The average molecular weight is 498 g/mol. The van der Waals surface area contributed by atoms with E-state index in [2.05, 4.69) is 25.9 Å². The van der Waals surface area contributed by atoms with Crippen molar-refractivity contribution >= 4 is 35.6 Å². The predicted octanol–water partition coefficient (Wildman–Crippen LogP) is -2.19. The summed E-state index contributed by atoms with van der Waals surface area (Å²) in [5, 5.41) is 33.8. The Bertz CT molecular complexity index is 918. The van der Waals surface area contributed by atoms with E-state index in [-0.39, 0.29) is 18.8 Å². The molecule has 0 bridgehead atoms. The average Bonchev–Trinajstić information content (AvgIpc) is 3.24. The Labute approximate surface area is 199 Å². The Balaban J connectivity index is 3.06. The Morgan fingerprint density at radius 2 is 1.43 bits per heavy atom. The molecule has 0 aliphatic carbocycles. The number of carboxylic acid groups (broad SMARTS) is 3. The molecule has 0 saturated heterocycles. The summed E-state index contributed by atoms with van der Waals surface area (Å²) in [7, 11) is 0. The van der Waals surface area contributed by atoms with Crippen LogP contribution in [-0.4, -0.2) is 85.1 Å². The van der Waals surface area contributed by atoms with Gasteiger partial charge in [0.25, 0.3) is 0 Å². The van der Waals surface area contributed by atoms with Crippen molar-refractivity contribution in [2.45, 2.75) is 63.7 Å². The standard InChI is InChI=1S/C20H30N6O9/c1-9(2)3-12(18(32)26-14(20(34)35)6-16(29)30)25-19(33)13(4-10-7-22-8-23-10)24-17(31)11(21)5-15(27)28/h7-9,11-14H,3-6,21H2,1-2H3,(H,22,23)(H,24,31)(H,25,33)(H,26,32)(H,27,28)(H,29,30)(H,34,35). The van der Waals surface area contributed by atoms with Crippen molar-refractivity contribution in [3.63, 3.8) is 0 Å². The first-order valence-corrected chi connectivity index (χ1v) is 10.6. The monoisotopic (exact) mass is 498 g/mol. The summed E-state index contributed by atoms with van der Waals surface area (Å²) in [4.78, 5) is 77.7. The van der Waals surface area contributed by atoms with E-state index in [1.165, 1.54) is 12.5 Å². The molecule has 15 nitrogen and oxygen atoms in total. The number of hydrogen-bond acceptors (Lipinski definition) is 8. The van der Waals surface area contributed by atoms with E-state index in [1.54, 1.807) is 13.8 Å². The van der Waals surface area contributed by atoms with Gasteiger partial charge in [-0.3, -0.25) is 24.0 Å². The molecule has 1 rings (SSSR count). The molecular weight excluding hydrogens is 468 g/mol. The highest BCUT2D eigenvalue weighted by atomic mass is 16.4. The van der Waals surface area contributed by atoms with Crippen LogP contribution in [0.4, 0.5) is 0 Å². The van der Waals surface area contributed by atoms with Crippen LogP contribution in [0.3, 0.4) is 0 Å². The van der Waals surface area contributed by atoms with Gasteiger partial charge in [-0.25, -0.2) is 9.78 Å². The highest BCUT2D eigenvalue weighted by Gasteiger charge is 2.32. The number of aromatic amines is 1. The van der Waals surface area contributed by atoms with E-state index < -0.39 is 72.6 Å². The molecule has 4 atom stereocenters. The number of hydrogen-bond donors (Lipinski definition) is 8. The smallest absolute Gasteiger partial charge is 0.326 e. The second kappa shape index (κ2) is 13.6. The molecule has 0 saturated carbocycles. The van der Waals surface area contributed by atoms with Crippen molar-refractivity contribution in [3.05, 3.63) is 18.2 Å². The van der Waals surface area contributed by atoms with Crippen LogP contribution in [0.25, 0.3) is 0 Å². The second-order valence-corrected chi connectivity index (χ2v) is 8.23. The van der Waals surface area contributed by atoms with Crippen LogP contribution < -0.4 is 21.7 Å². The minimum absolute atomic E-state index is 0.0697. The molecule has 0 radical (unpaired) electrons. The van der Waals surface area contributed by atoms with Gasteiger partial charge in [-0.2, -0.15) is 0 Å². The van der Waals surface area contributed by atoms with E-state index in [1.807, 2.05) is 0 Å². The maximum absolute atomic E-state index is 13.0. The number of carbonyl (C=O) groups excluding carboxylic acids is 3. The summed E-state index contributed by atoms with van der Waals surface area (Å²) in [5.41, 5.74) is 6.01. The van der Waals surface area contributed by atoms with E-state index in [0.717, 1.165) is 0 Å². The maximum atomic E-state index is 13.0. The van der Waals surface area contributed by atoms with Gasteiger partial charge >= 0.3 is 17.9 Å². The zero-order chi connectivity index (χ0) is 26.7. The van der Waals surface area contributed by atoms with Gasteiger partial charge in [0, 0.05) is 18.3 Å². The summed E-state index contributed by atoms with van der Waals surface area (Å²) < 4.78 is 0. The summed E-state index contributed by atoms with van der Waals surface area (Å²) in [5.74, 6) is -7.13. The Morgan fingerprint density at radius 3 is 1.91 bits per heavy atom. The van der Waals surface area contributed by atoms with Crippen LogP contribution in [0.5, 0.6) is 0 Å². The zero-order valence-electron chi connectivity index (χ0n) is 19.2. The summed E-state index contributed by atoms with van der Waals surface area (Å²) in [6, 6.07) is -5.71. The van der Waals surface area contributed by atoms with Gasteiger partial charge in [-0.1, -0.05) is 13.8 Å². The quantitative estimate of drug-likeness (QED) is 0.129. The van der Waals surface area contributed by atoms with Gasteiger partial charge < -0.3 is 42.0 Å². The van der Waals surface area contributed by atoms with Crippen LogP contribution in [0.1, 0.15) is 38.8 Å². The fourth-order valence-corrected chi connectivity index (χ4v) is 3.01. The first-order valence-electron chi connectivity index (χ1n) is 10.6. The SMILES string of the molecule is CC(C)CC(NC(=O)C(Cc1cnc[nH]1)NC(=O)C(N)CC(=O)O)C(=O)NC(CC(=O)O)C(=O)O. The fraction of sp³-hybridized carbons (Fsp3) is 0.550. The van der Waals surface area contributed by atoms with Crippen LogP contribution >= 0.6 is 0 Å². The van der Waals surface area contributed by atoms with E-state index in [0.29, 0.717) is 5.69 Å². The van der Waals surface area contributed by atoms with Crippen molar-refractivity contribution in [3.8, 4) is 0 Å². The normalized spacial score (nSPS) is 14.3. The summed E-state index contributed by atoms with van der Waals surface area (Å²) >= 11 is 0. The third kappa shape index (κ3) is 10.6. The number of nitrogens with two attached hydrogens (primary N) is 1. The number of H-pyrrole nitrogens is 1. The van der Waals surface area contributed by atoms with E-state index in [9.17, 15) is 33.9 Å². The highest BCUT2D eigenvalue weighted by Crippen LogP contribution is 2.08. The molecule has 1 heterocycles. The summed E-state index contributed by atoms with van der Waals surface area (Å²) in [6.45, 7) is 3.49. The molecule has 0 fully saturated rings. The lowest BCUT2D eigenvalue weighted by Crippen LogP contribution is -2.58. The maximum Gasteiger partial charge on any atom is 0.326 e. The molecule has 194 valence electrons. The largest absolute Gasteiger partial charge is 0.481 e. The Kier molecular flexibility index (Phi) is 11.3. The first kappa shape index (κ1) is 29.0. The van der Waals surface area contributed by atoms with Crippen LogP contribution in [-0.2, 0) is 35.2 Å². The first-order chi connectivity index (χ1) is 16.3. The van der Waals surface area contributed by atoms with Gasteiger partial charge in [0.2, 0.25) is 17.7 Å². The molecule has 1 aromatic rings. The number of rotatable bonds is 15. The van der Waals surface area contributed by atoms with Crippen LogP contribution in [0, 0.1) is 5.92 Å². The van der Waals surface area contributed by atoms with Gasteiger partial charge in [0.1, 0.15) is 18.1 Å². The van der Waals surface area contributed by atoms with Crippen molar-refractivity contribution in [2.24, 2.45) is 11.7 Å². The molecule has 1 aromatic heterocycles. The van der Waals surface area contributed by atoms with Crippen molar-refractivity contribution < 1.29 is 44.1 Å². The van der Waals surface area contributed by atoms with Crippen molar-refractivity contribution in [2.75, 3.05) is 0 Å². The highest BCUT2D eigenvalue weighted by molar-refractivity contribution is 5.95. The Hall–Kier alpha value is -4.01. The molecule has 9 N–H and O–H groups in total. The molecule has 3 amide bonds. The molecule has 15 heteroatoms. The number of carboxylic acids is 3. The Morgan fingerprint density at radius 1 is 0.886 bits per heavy atom. The number of aliphatic carboxylic acids is 3. The van der Waals surface area contributed by atoms with Crippen LogP contribution in [0.2, 0.25) is 0 Å². The van der Waals surface area contributed by atoms with Gasteiger partial charge in [0.05, 0.1) is 25.2 Å². The minimum atomic E-state index is -1.72. The molecule has 35 heavy (non-hydrogen) atoms. The lowest BCUT2D eigenvalue weighted by molar-refractivity contribution is -0.147. The summed E-state index contributed by atoms with van der Waals surface area (Å²) in [6.07, 6.45) is 1.15.